The van der Waals surface area contributed by atoms with Gasteiger partial charge >= 0.3 is 0 Å². The zero-order valence-electron chi connectivity index (χ0n) is 19.1. The smallest absolute Gasteiger partial charge is 0.244 e. The Labute approximate surface area is 194 Å². The Kier molecular flexibility index (Phi) is 6.92. The summed E-state index contributed by atoms with van der Waals surface area (Å²) in [7, 11) is -3.54. The molecule has 9 heteroatoms. The van der Waals surface area contributed by atoms with Crippen LogP contribution in [0.1, 0.15) is 42.8 Å². The summed E-state index contributed by atoms with van der Waals surface area (Å²) in [5, 5.41) is 4.03. The van der Waals surface area contributed by atoms with Crippen LogP contribution in [0, 0.1) is 25.6 Å². The fourth-order valence-electron chi connectivity index (χ4n) is 4.05. The molecule has 2 aromatic carbocycles. The molecule has 2 atom stereocenters. The van der Waals surface area contributed by atoms with E-state index in [2.05, 4.69) is 19.8 Å². The number of hydrogen-bond acceptors (Lipinski definition) is 6. The summed E-state index contributed by atoms with van der Waals surface area (Å²) in [6.07, 6.45) is 1.89. The number of aromatic nitrogens is 2. The zero-order chi connectivity index (χ0) is 23.6. The summed E-state index contributed by atoms with van der Waals surface area (Å²) in [5.74, 6) is 0.691. The van der Waals surface area contributed by atoms with Crippen molar-refractivity contribution in [2.24, 2.45) is 5.92 Å². The van der Waals surface area contributed by atoms with E-state index in [1.54, 1.807) is 43.3 Å². The molecule has 33 heavy (non-hydrogen) atoms. The van der Waals surface area contributed by atoms with Gasteiger partial charge in [0.25, 0.3) is 0 Å². The number of piperidine rings is 1. The molecule has 1 saturated heterocycles. The molecule has 3 aromatic rings. The first-order valence-corrected chi connectivity index (χ1v) is 12.6. The van der Waals surface area contributed by atoms with Crippen molar-refractivity contribution in [1.82, 2.24) is 19.8 Å². The number of sulfonamides is 1. The Hall–Kier alpha value is -2.62. The molecule has 0 spiro atoms. The lowest BCUT2D eigenvalue weighted by Crippen LogP contribution is -2.42. The quantitative estimate of drug-likeness (QED) is 0.553. The van der Waals surface area contributed by atoms with Crippen LogP contribution >= 0.6 is 0 Å². The van der Waals surface area contributed by atoms with Gasteiger partial charge in [-0.25, -0.2) is 17.5 Å². The lowest BCUT2D eigenvalue weighted by molar-refractivity contribution is 0.112. The minimum atomic E-state index is -3.54. The van der Waals surface area contributed by atoms with Crippen LogP contribution < -0.4 is 4.72 Å². The molecule has 0 aliphatic carbocycles. The van der Waals surface area contributed by atoms with E-state index in [1.807, 2.05) is 13.8 Å². The third kappa shape index (κ3) is 5.48. The van der Waals surface area contributed by atoms with Crippen LogP contribution in [-0.2, 0) is 10.0 Å². The van der Waals surface area contributed by atoms with Gasteiger partial charge < -0.3 is 4.52 Å². The van der Waals surface area contributed by atoms with Crippen molar-refractivity contribution in [3.05, 3.63) is 65.3 Å². The minimum absolute atomic E-state index is 0.127. The number of nitrogens with one attached hydrogen (secondary N) is 1. The molecule has 1 aliphatic rings. The predicted octanol–water partition coefficient (Wildman–Crippen LogP) is 4.24. The molecule has 0 radical (unpaired) electrons. The third-order valence-electron chi connectivity index (χ3n) is 6.22. The maximum absolute atomic E-state index is 13.9. The average molecular weight is 473 g/mol. The Bertz CT molecular complexity index is 1210. The highest BCUT2D eigenvalue weighted by Crippen LogP contribution is 2.28. The summed E-state index contributed by atoms with van der Waals surface area (Å²) in [6.45, 7) is 7.57. The first-order valence-electron chi connectivity index (χ1n) is 11.1. The summed E-state index contributed by atoms with van der Waals surface area (Å²) >= 11 is 0. The summed E-state index contributed by atoms with van der Waals surface area (Å²) in [5.41, 5.74) is 2.15. The minimum Gasteiger partial charge on any atom is -0.337 e. The fraction of sp³-hybridized carbons (Fsp3) is 0.417. The van der Waals surface area contributed by atoms with Gasteiger partial charge in [0.05, 0.1) is 10.9 Å². The van der Waals surface area contributed by atoms with E-state index in [9.17, 15) is 12.8 Å². The molecule has 0 bridgehead atoms. The second-order valence-corrected chi connectivity index (χ2v) is 10.5. The van der Waals surface area contributed by atoms with E-state index in [4.69, 9.17) is 4.52 Å². The van der Waals surface area contributed by atoms with Crippen molar-refractivity contribution in [2.45, 2.75) is 44.6 Å². The van der Waals surface area contributed by atoms with Crippen LogP contribution in [0.15, 0.2) is 51.9 Å². The SMILES string of the molecule is Cc1ccc(S(=O)(=O)NCC2CCCN(C(C)c3nc(-c4ccc(C)c(F)c4)no3)C2)cc1. The van der Waals surface area contributed by atoms with Crippen molar-refractivity contribution >= 4 is 10.0 Å². The number of likely N-dealkylation sites (tertiary alicyclic amines) is 1. The molecule has 7 nitrogen and oxygen atoms in total. The van der Waals surface area contributed by atoms with Gasteiger partial charge in [0.2, 0.25) is 21.7 Å². The second-order valence-electron chi connectivity index (χ2n) is 8.76. The van der Waals surface area contributed by atoms with Gasteiger partial charge in [-0.05, 0) is 69.8 Å². The molecule has 4 rings (SSSR count). The Morgan fingerprint density at radius 1 is 1.21 bits per heavy atom. The van der Waals surface area contributed by atoms with Crippen LogP contribution in [0.25, 0.3) is 11.4 Å². The van der Waals surface area contributed by atoms with Gasteiger partial charge in [0, 0.05) is 18.7 Å². The summed E-state index contributed by atoms with van der Waals surface area (Å²) < 4.78 is 47.4. The molecule has 0 amide bonds. The predicted molar refractivity (Wildman–Crippen MR) is 124 cm³/mol. The van der Waals surface area contributed by atoms with E-state index in [0.29, 0.717) is 35.9 Å². The van der Waals surface area contributed by atoms with Gasteiger partial charge in [-0.3, -0.25) is 4.90 Å². The molecule has 1 fully saturated rings. The second kappa shape index (κ2) is 9.70. The van der Waals surface area contributed by atoms with Crippen molar-refractivity contribution in [1.29, 1.82) is 0 Å². The molecule has 2 unspecified atom stereocenters. The van der Waals surface area contributed by atoms with Crippen molar-refractivity contribution < 1.29 is 17.3 Å². The van der Waals surface area contributed by atoms with Crippen molar-refractivity contribution in [2.75, 3.05) is 19.6 Å². The molecule has 2 heterocycles. The maximum atomic E-state index is 13.9. The van der Waals surface area contributed by atoms with Gasteiger partial charge in [-0.2, -0.15) is 4.98 Å². The van der Waals surface area contributed by atoms with E-state index in [-0.39, 0.29) is 22.7 Å². The maximum Gasteiger partial charge on any atom is 0.244 e. The lowest BCUT2D eigenvalue weighted by atomic mass is 9.97. The first-order chi connectivity index (χ1) is 15.7. The highest BCUT2D eigenvalue weighted by molar-refractivity contribution is 7.89. The largest absolute Gasteiger partial charge is 0.337 e. The van der Waals surface area contributed by atoms with Crippen LogP contribution in [0.3, 0.4) is 0 Å². The van der Waals surface area contributed by atoms with Crippen molar-refractivity contribution in [3.63, 3.8) is 0 Å². The molecule has 176 valence electrons. The van der Waals surface area contributed by atoms with Crippen LogP contribution in [-0.4, -0.2) is 43.1 Å². The standard InChI is InChI=1S/C24H29FN4O3S/c1-16-6-10-21(11-7-16)33(30,31)26-14-19-5-4-12-29(15-19)18(3)24-27-23(28-32-24)20-9-8-17(2)22(25)13-20/h6-11,13,18-19,26H,4-5,12,14-15H2,1-3H3. The lowest BCUT2D eigenvalue weighted by Gasteiger charge is -2.35. The van der Waals surface area contributed by atoms with Gasteiger partial charge in [0.15, 0.2) is 0 Å². The third-order valence-corrected chi connectivity index (χ3v) is 7.66. The monoisotopic (exact) mass is 472 g/mol. The number of nitrogens with zero attached hydrogens (tertiary/aromatic N) is 3. The Balaban J connectivity index is 1.38. The van der Waals surface area contributed by atoms with E-state index < -0.39 is 10.0 Å². The van der Waals surface area contributed by atoms with Crippen LogP contribution in [0.4, 0.5) is 4.39 Å². The first kappa shape index (κ1) is 23.5. The highest BCUT2D eigenvalue weighted by Gasteiger charge is 2.28. The number of benzene rings is 2. The Morgan fingerprint density at radius 3 is 2.70 bits per heavy atom. The highest BCUT2D eigenvalue weighted by atomic mass is 32.2. The topological polar surface area (TPSA) is 88.3 Å². The molecule has 1 aromatic heterocycles. The molecule has 1 aliphatic heterocycles. The van der Waals surface area contributed by atoms with Gasteiger partial charge in [0.1, 0.15) is 5.82 Å². The van der Waals surface area contributed by atoms with E-state index in [1.165, 1.54) is 6.07 Å². The molecule has 0 saturated carbocycles. The zero-order valence-corrected chi connectivity index (χ0v) is 19.9. The van der Waals surface area contributed by atoms with Crippen LogP contribution in [0.2, 0.25) is 0 Å². The van der Waals surface area contributed by atoms with Crippen molar-refractivity contribution in [3.8, 4) is 11.4 Å². The number of rotatable bonds is 7. The fourth-order valence-corrected chi connectivity index (χ4v) is 5.17. The summed E-state index contributed by atoms with van der Waals surface area (Å²) in [6, 6.07) is 11.6. The number of aryl methyl sites for hydroxylation is 2. The normalized spacial score (nSPS) is 18.4. The molecule has 1 N–H and O–H groups in total. The summed E-state index contributed by atoms with van der Waals surface area (Å²) in [4.78, 5) is 6.99. The van der Waals surface area contributed by atoms with Crippen LogP contribution in [0.5, 0.6) is 0 Å². The van der Waals surface area contributed by atoms with E-state index in [0.717, 1.165) is 24.9 Å². The number of halogens is 1. The average Bonchev–Trinajstić information content (AvgIpc) is 3.30. The van der Waals surface area contributed by atoms with Gasteiger partial charge in [-0.1, -0.05) is 35.0 Å². The van der Waals surface area contributed by atoms with E-state index >= 15 is 0 Å². The molecular weight excluding hydrogens is 443 g/mol. The Morgan fingerprint density at radius 2 is 1.97 bits per heavy atom. The molecular formula is C24H29FN4O3S. The number of hydrogen-bond donors (Lipinski definition) is 1. The van der Waals surface area contributed by atoms with Gasteiger partial charge in [-0.15, -0.1) is 0 Å².